The summed E-state index contributed by atoms with van der Waals surface area (Å²) >= 11 is 2.10. The van der Waals surface area contributed by atoms with Gasteiger partial charge in [-0.25, -0.2) is 13.2 Å². The summed E-state index contributed by atoms with van der Waals surface area (Å²) in [5.41, 5.74) is 4.24. The third kappa shape index (κ3) is 4.15. The number of hydrogen-bond donors (Lipinski definition) is 1. The van der Waals surface area contributed by atoms with Gasteiger partial charge in [-0.3, -0.25) is 0 Å². The van der Waals surface area contributed by atoms with Crippen molar-refractivity contribution in [3.05, 3.63) is 81.2 Å². The Hall–Kier alpha value is -2.36. The third-order valence-corrected chi connectivity index (χ3v) is 4.48. The van der Waals surface area contributed by atoms with Crippen molar-refractivity contribution in [3.63, 3.8) is 0 Å². The van der Waals surface area contributed by atoms with E-state index in [4.69, 9.17) is 5.73 Å². The second-order valence-electron chi connectivity index (χ2n) is 5.62. The van der Waals surface area contributed by atoms with Crippen LogP contribution in [0.15, 0.2) is 54.6 Å². The van der Waals surface area contributed by atoms with E-state index in [2.05, 4.69) is 27.3 Å². The number of nitrogen functional groups attached to an aromatic ring is 1. The number of benzene rings is 3. The summed E-state index contributed by atoms with van der Waals surface area (Å²) in [6.07, 6.45) is -4.15. The van der Waals surface area contributed by atoms with E-state index in [9.17, 15) is 22.0 Å². The summed E-state index contributed by atoms with van der Waals surface area (Å²) < 4.78 is 75.0. The van der Waals surface area contributed by atoms with Gasteiger partial charge in [0, 0.05) is 15.7 Å². The van der Waals surface area contributed by atoms with Crippen LogP contribution in [0.4, 0.5) is 27.6 Å². The van der Waals surface area contributed by atoms with Gasteiger partial charge in [0.1, 0.15) is 17.3 Å². The fourth-order valence-corrected chi connectivity index (χ4v) is 2.76. The molecule has 0 aromatic heterocycles. The molecule has 0 saturated heterocycles. The highest BCUT2D eigenvalue weighted by molar-refractivity contribution is 14.1. The first-order valence-electron chi connectivity index (χ1n) is 7.54. The van der Waals surface area contributed by atoms with Crippen LogP contribution in [0.2, 0.25) is 0 Å². The molecule has 0 radical (unpaired) electrons. The van der Waals surface area contributed by atoms with Crippen molar-refractivity contribution in [2.45, 2.75) is 6.11 Å². The van der Waals surface area contributed by atoms with Gasteiger partial charge in [0.25, 0.3) is 0 Å². The molecule has 0 fully saturated rings. The van der Waals surface area contributed by atoms with E-state index >= 15 is 0 Å². The van der Waals surface area contributed by atoms with Gasteiger partial charge < -0.3 is 10.5 Å². The first-order chi connectivity index (χ1) is 12.7. The lowest BCUT2D eigenvalue weighted by Crippen LogP contribution is -2.23. The molecule has 0 unspecified atom stereocenters. The van der Waals surface area contributed by atoms with Crippen LogP contribution in [0.5, 0.6) is 5.75 Å². The monoisotopic (exact) mass is 491 g/mol. The standard InChI is InChI=1S/C19H11F5INO/c20-15-7-11(10-1-4-12(25)5-2-10)3-6-14(15)19(23,24)27-13-8-16(21)18(26)17(22)9-13/h1-9H,26H2. The van der Waals surface area contributed by atoms with Crippen LogP contribution in [-0.2, 0) is 6.11 Å². The Bertz CT molecular complexity index is 969. The third-order valence-electron chi connectivity index (χ3n) is 3.76. The fourth-order valence-electron chi connectivity index (χ4n) is 2.40. The second-order valence-corrected chi connectivity index (χ2v) is 6.87. The minimum absolute atomic E-state index is 0.396. The number of halogens is 6. The summed E-state index contributed by atoms with van der Waals surface area (Å²) in [6, 6.07) is 11.2. The fraction of sp³-hybridized carbons (Fsp3) is 0.0526. The van der Waals surface area contributed by atoms with Gasteiger partial charge in [0.2, 0.25) is 0 Å². The van der Waals surface area contributed by atoms with Crippen LogP contribution < -0.4 is 10.5 Å². The molecule has 3 aromatic carbocycles. The zero-order chi connectivity index (χ0) is 19.8. The molecule has 2 N–H and O–H groups in total. The van der Waals surface area contributed by atoms with Crippen molar-refractivity contribution in [2.75, 3.05) is 5.73 Å². The number of hydrogen-bond acceptors (Lipinski definition) is 2. The van der Waals surface area contributed by atoms with Crippen molar-refractivity contribution in [1.82, 2.24) is 0 Å². The van der Waals surface area contributed by atoms with Crippen molar-refractivity contribution >= 4 is 28.3 Å². The maximum absolute atomic E-state index is 14.3. The van der Waals surface area contributed by atoms with Crippen LogP contribution in [0.3, 0.4) is 0 Å². The van der Waals surface area contributed by atoms with E-state index in [1.54, 1.807) is 24.3 Å². The maximum Gasteiger partial charge on any atom is 0.429 e. The van der Waals surface area contributed by atoms with Gasteiger partial charge in [-0.15, -0.1) is 0 Å². The highest BCUT2D eigenvalue weighted by atomic mass is 127. The van der Waals surface area contributed by atoms with Gasteiger partial charge >= 0.3 is 6.11 Å². The summed E-state index contributed by atoms with van der Waals surface area (Å²) in [5, 5.41) is 0. The highest BCUT2D eigenvalue weighted by Gasteiger charge is 2.38. The Morgan fingerprint density at radius 2 is 1.33 bits per heavy atom. The lowest BCUT2D eigenvalue weighted by atomic mass is 10.0. The molecule has 140 valence electrons. The van der Waals surface area contributed by atoms with E-state index in [0.29, 0.717) is 23.3 Å². The molecule has 27 heavy (non-hydrogen) atoms. The summed E-state index contributed by atoms with van der Waals surface area (Å²) in [7, 11) is 0. The van der Waals surface area contributed by atoms with E-state index in [1.807, 2.05) is 0 Å². The molecule has 0 amide bonds. The molecular formula is C19H11F5INO. The number of rotatable bonds is 4. The minimum Gasteiger partial charge on any atom is -0.429 e. The highest BCUT2D eigenvalue weighted by Crippen LogP contribution is 2.36. The van der Waals surface area contributed by atoms with Crippen molar-refractivity contribution in [1.29, 1.82) is 0 Å². The van der Waals surface area contributed by atoms with E-state index in [1.165, 1.54) is 6.07 Å². The number of anilines is 1. The predicted molar refractivity (Wildman–Crippen MR) is 99.8 cm³/mol. The summed E-state index contributed by atoms with van der Waals surface area (Å²) in [5.74, 6) is -4.54. The lowest BCUT2D eigenvalue weighted by molar-refractivity contribution is -0.187. The summed E-state index contributed by atoms with van der Waals surface area (Å²) in [4.78, 5) is 0. The van der Waals surface area contributed by atoms with E-state index < -0.39 is 40.6 Å². The van der Waals surface area contributed by atoms with Crippen molar-refractivity contribution in [3.8, 4) is 16.9 Å². The molecule has 0 aliphatic rings. The van der Waals surface area contributed by atoms with E-state index in [-0.39, 0.29) is 0 Å². The van der Waals surface area contributed by atoms with Crippen LogP contribution in [-0.4, -0.2) is 0 Å². The Morgan fingerprint density at radius 1 is 0.778 bits per heavy atom. The number of alkyl halides is 2. The second kappa shape index (κ2) is 7.34. The average Bonchev–Trinajstić information content (AvgIpc) is 2.59. The number of ether oxygens (including phenoxy) is 1. The van der Waals surface area contributed by atoms with Crippen LogP contribution in [0.25, 0.3) is 11.1 Å². The molecule has 0 spiro atoms. The van der Waals surface area contributed by atoms with Crippen LogP contribution >= 0.6 is 22.6 Å². The summed E-state index contributed by atoms with van der Waals surface area (Å²) in [6.45, 7) is 0. The minimum atomic E-state index is -4.15. The number of nitrogens with two attached hydrogens (primary N) is 1. The first kappa shape index (κ1) is 19.4. The van der Waals surface area contributed by atoms with Crippen molar-refractivity contribution < 1.29 is 26.7 Å². The molecule has 0 aliphatic carbocycles. The molecule has 8 heteroatoms. The molecule has 0 aliphatic heterocycles. The Labute approximate surface area is 164 Å². The topological polar surface area (TPSA) is 35.2 Å². The van der Waals surface area contributed by atoms with E-state index in [0.717, 1.165) is 15.7 Å². The van der Waals surface area contributed by atoms with Crippen molar-refractivity contribution in [2.24, 2.45) is 0 Å². The first-order valence-corrected chi connectivity index (χ1v) is 8.62. The Balaban J connectivity index is 1.91. The zero-order valence-corrected chi connectivity index (χ0v) is 15.6. The predicted octanol–water partition coefficient (Wildman–Crippen LogP) is 6.09. The average molecular weight is 491 g/mol. The normalized spacial score (nSPS) is 11.5. The molecule has 2 nitrogen and oxygen atoms in total. The smallest absolute Gasteiger partial charge is 0.429 e. The molecule has 0 heterocycles. The molecular weight excluding hydrogens is 480 g/mol. The maximum atomic E-state index is 14.3. The Kier molecular flexibility index (Phi) is 5.27. The molecule has 3 rings (SSSR count). The lowest BCUT2D eigenvalue weighted by Gasteiger charge is -2.19. The van der Waals surface area contributed by atoms with Gasteiger partial charge in [-0.2, -0.15) is 8.78 Å². The Morgan fingerprint density at radius 3 is 1.89 bits per heavy atom. The molecule has 0 atom stereocenters. The van der Waals surface area contributed by atoms with Crippen LogP contribution in [0, 0.1) is 21.0 Å². The van der Waals surface area contributed by atoms with Gasteiger partial charge in [0.05, 0.1) is 5.56 Å². The van der Waals surface area contributed by atoms with Crippen LogP contribution in [0.1, 0.15) is 5.56 Å². The zero-order valence-electron chi connectivity index (χ0n) is 13.4. The molecule has 0 bridgehead atoms. The molecule has 3 aromatic rings. The quantitative estimate of drug-likeness (QED) is 0.273. The molecule has 0 saturated carbocycles. The van der Waals surface area contributed by atoms with Gasteiger partial charge in [-0.05, 0) is 58.0 Å². The van der Waals surface area contributed by atoms with Gasteiger partial charge in [-0.1, -0.05) is 18.2 Å². The van der Waals surface area contributed by atoms with Gasteiger partial charge in [0.15, 0.2) is 11.6 Å². The largest absolute Gasteiger partial charge is 0.429 e. The SMILES string of the molecule is Nc1c(F)cc(OC(F)(F)c2ccc(-c3ccc(I)cc3)cc2F)cc1F.